The number of nitrogens with zero attached hydrogens (tertiary/aromatic N) is 4. The van der Waals surface area contributed by atoms with E-state index in [9.17, 15) is 0 Å². The monoisotopic (exact) mass is 421 g/mol. The van der Waals surface area contributed by atoms with Gasteiger partial charge in [0.05, 0.1) is 30.9 Å². The highest BCUT2D eigenvalue weighted by Gasteiger charge is 2.25. The van der Waals surface area contributed by atoms with E-state index in [4.69, 9.17) is 9.47 Å². The van der Waals surface area contributed by atoms with Crippen molar-refractivity contribution in [1.29, 1.82) is 0 Å². The van der Waals surface area contributed by atoms with Crippen LogP contribution in [0.5, 0.6) is 5.75 Å². The summed E-state index contributed by atoms with van der Waals surface area (Å²) in [4.78, 5) is 6.66. The molecule has 1 saturated heterocycles. The molecule has 1 N–H and O–H groups in total. The summed E-state index contributed by atoms with van der Waals surface area (Å²) >= 11 is 3.53. The molecule has 0 saturated carbocycles. The first kappa shape index (κ1) is 18.7. The lowest BCUT2D eigenvalue weighted by Gasteiger charge is -2.34. The highest BCUT2D eigenvalue weighted by molar-refractivity contribution is 9.10. The third-order valence-electron chi connectivity index (χ3n) is 4.34. The van der Waals surface area contributed by atoms with E-state index in [1.54, 1.807) is 18.8 Å². The molecule has 2 aromatic rings. The maximum absolute atomic E-state index is 5.91. The molecule has 0 radical (unpaired) electrons. The van der Waals surface area contributed by atoms with Crippen LogP contribution in [-0.4, -0.2) is 54.5 Å². The fourth-order valence-corrected chi connectivity index (χ4v) is 3.57. The summed E-state index contributed by atoms with van der Waals surface area (Å²) < 4.78 is 13.9. The van der Waals surface area contributed by atoms with Gasteiger partial charge in [0.1, 0.15) is 11.9 Å². The van der Waals surface area contributed by atoms with Crippen molar-refractivity contribution < 1.29 is 9.47 Å². The maximum atomic E-state index is 5.91. The Morgan fingerprint density at radius 2 is 2.35 bits per heavy atom. The molecule has 2 heterocycles. The number of nitrogens with one attached hydrogen (secondary N) is 1. The quantitative estimate of drug-likeness (QED) is 0.606. The molecular formula is C18H24BrN5O2. The maximum Gasteiger partial charge on any atom is 0.194 e. The van der Waals surface area contributed by atoms with E-state index < -0.39 is 0 Å². The second-order valence-electron chi connectivity index (χ2n) is 6.12. The van der Waals surface area contributed by atoms with Gasteiger partial charge in [0, 0.05) is 38.9 Å². The van der Waals surface area contributed by atoms with Crippen LogP contribution in [0.4, 0.5) is 0 Å². The van der Waals surface area contributed by atoms with Gasteiger partial charge in [-0.2, -0.15) is 5.10 Å². The van der Waals surface area contributed by atoms with E-state index in [2.05, 4.69) is 42.3 Å². The van der Waals surface area contributed by atoms with Crippen LogP contribution >= 0.6 is 15.9 Å². The first-order valence-electron chi connectivity index (χ1n) is 8.49. The molecule has 1 aliphatic heterocycles. The van der Waals surface area contributed by atoms with Crippen LogP contribution in [0.3, 0.4) is 0 Å². The Balaban J connectivity index is 1.62. The number of halogens is 1. The van der Waals surface area contributed by atoms with E-state index in [0.717, 1.165) is 40.4 Å². The van der Waals surface area contributed by atoms with Crippen molar-refractivity contribution in [2.45, 2.75) is 12.6 Å². The zero-order valence-electron chi connectivity index (χ0n) is 15.3. The largest absolute Gasteiger partial charge is 0.496 e. The van der Waals surface area contributed by atoms with Gasteiger partial charge in [0.2, 0.25) is 0 Å². The van der Waals surface area contributed by atoms with Crippen LogP contribution in [-0.2, 0) is 18.3 Å². The van der Waals surface area contributed by atoms with E-state index in [0.29, 0.717) is 13.2 Å². The number of aromatic nitrogens is 2. The molecule has 0 amide bonds. The normalized spacial score (nSPS) is 18.1. The molecular weight excluding hydrogens is 398 g/mol. The minimum atomic E-state index is 0.00568. The molecule has 0 spiro atoms. The van der Waals surface area contributed by atoms with Crippen molar-refractivity contribution in [1.82, 2.24) is 20.0 Å². The number of aliphatic imine (C=N–C) groups is 1. The number of hydrogen-bond acceptors (Lipinski definition) is 4. The Bertz CT molecular complexity index is 777. The summed E-state index contributed by atoms with van der Waals surface area (Å²) in [5, 5.41) is 7.67. The number of rotatable bonds is 4. The lowest BCUT2D eigenvalue weighted by molar-refractivity contribution is -0.00805. The minimum Gasteiger partial charge on any atom is -0.496 e. The summed E-state index contributed by atoms with van der Waals surface area (Å²) in [5.74, 6) is 1.69. The molecule has 1 aromatic carbocycles. The van der Waals surface area contributed by atoms with Crippen molar-refractivity contribution in [3.63, 3.8) is 0 Å². The second-order valence-corrected chi connectivity index (χ2v) is 6.98. The molecule has 140 valence electrons. The van der Waals surface area contributed by atoms with Crippen LogP contribution in [0.25, 0.3) is 0 Å². The van der Waals surface area contributed by atoms with Gasteiger partial charge in [-0.25, -0.2) is 0 Å². The summed E-state index contributed by atoms with van der Waals surface area (Å²) in [6.07, 6.45) is 3.87. The number of guanidine groups is 1. The molecule has 7 nitrogen and oxygen atoms in total. The summed E-state index contributed by atoms with van der Waals surface area (Å²) in [6.45, 7) is 2.90. The fraction of sp³-hybridized carbons (Fsp3) is 0.444. The van der Waals surface area contributed by atoms with Crippen molar-refractivity contribution in [2.75, 3.05) is 33.9 Å². The molecule has 0 aliphatic carbocycles. The van der Waals surface area contributed by atoms with Crippen LogP contribution in [0.15, 0.2) is 40.1 Å². The van der Waals surface area contributed by atoms with Crippen molar-refractivity contribution in [3.8, 4) is 5.75 Å². The number of benzene rings is 1. The second kappa shape index (κ2) is 8.55. The molecule has 8 heteroatoms. The van der Waals surface area contributed by atoms with Gasteiger partial charge < -0.3 is 19.7 Å². The van der Waals surface area contributed by atoms with Gasteiger partial charge in [-0.3, -0.25) is 9.67 Å². The van der Waals surface area contributed by atoms with Crippen LogP contribution in [0, 0.1) is 0 Å². The van der Waals surface area contributed by atoms with Gasteiger partial charge in [-0.1, -0.05) is 6.07 Å². The minimum absolute atomic E-state index is 0.00568. The summed E-state index contributed by atoms with van der Waals surface area (Å²) in [7, 11) is 5.38. The Labute approximate surface area is 162 Å². The SMILES string of the molecule is CN=C(NCc1ccc(OC)c(Br)c1)N1CCOC(c2cnn(C)c2)C1. The first-order chi connectivity index (χ1) is 12.6. The predicted octanol–water partition coefficient (Wildman–Crippen LogP) is 2.34. The molecule has 3 rings (SSSR count). The first-order valence-corrected chi connectivity index (χ1v) is 9.28. The van der Waals surface area contributed by atoms with E-state index >= 15 is 0 Å². The van der Waals surface area contributed by atoms with Crippen LogP contribution < -0.4 is 10.1 Å². The van der Waals surface area contributed by atoms with Gasteiger partial charge >= 0.3 is 0 Å². The molecule has 1 atom stereocenters. The highest BCUT2D eigenvalue weighted by atomic mass is 79.9. The summed E-state index contributed by atoms with van der Waals surface area (Å²) in [6, 6.07) is 6.05. The van der Waals surface area contributed by atoms with E-state index in [1.165, 1.54) is 0 Å². The predicted molar refractivity (Wildman–Crippen MR) is 104 cm³/mol. The van der Waals surface area contributed by atoms with Gasteiger partial charge in [0.25, 0.3) is 0 Å². The topological polar surface area (TPSA) is 63.9 Å². The van der Waals surface area contributed by atoms with Crippen LogP contribution in [0.1, 0.15) is 17.2 Å². The van der Waals surface area contributed by atoms with E-state index in [1.807, 2.05) is 31.6 Å². The smallest absolute Gasteiger partial charge is 0.194 e. The molecule has 1 aromatic heterocycles. The number of aryl methyl sites for hydroxylation is 1. The number of morpholine rings is 1. The number of hydrogen-bond donors (Lipinski definition) is 1. The molecule has 1 unspecified atom stereocenters. The Morgan fingerprint density at radius 3 is 3.00 bits per heavy atom. The Morgan fingerprint density at radius 1 is 1.50 bits per heavy atom. The number of methoxy groups -OCH3 is 1. The fourth-order valence-electron chi connectivity index (χ4n) is 2.98. The van der Waals surface area contributed by atoms with Crippen molar-refractivity contribution >= 4 is 21.9 Å². The van der Waals surface area contributed by atoms with Gasteiger partial charge in [0.15, 0.2) is 5.96 Å². The van der Waals surface area contributed by atoms with E-state index in [-0.39, 0.29) is 6.10 Å². The standard InChI is InChI=1S/C18H24BrN5O2/c1-20-18(21-9-13-4-5-16(25-3)15(19)8-13)24-6-7-26-17(12-24)14-10-22-23(2)11-14/h4-5,8,10-11,17H,6-7,9,12H2,1-3H3,(H,20,21). The van der Waals surface area contributed by atoms with Crippen molar-refractivity contribution in [3.05, 3.63) is 46.2 Å². The number of ether oxygens (including phenoxy) is 2. The molecule has 1 aliphatic rings. The summed E-state index contributed by atoms with van der Waals surface area (Å²) in [5.41, 5.74) is 2.24. The molecule has 26 heavy (non-hydrogen) atoms. The zero-order valence-corrected chi connectivity index (χ0v) is 16.9. The Kier molecular flexibility index (Phi) is 6.16. The third-order valence-corrected chi connectivity index (χ3v) is 4.96. The lowest BCUT2D eigenvalue weighted by atomic mass is 10.1. The van der Waals surface area contributed by atoms with Gasteiger partial charge in [-0.15, -0.1) is 0 Å². The average Bonchev–Trinajstić information content (AvgIpc) is 3.09. The molecule has 1 fully saturated rings. The lowest BCUT2D eigenvalue weighted by Crippen LogP contribution is -2.47. The van der Waals surface area contributed by atoms with Crippen molar-refractivity contribution in [2.24, 2.45) is 12.0 Å². The highest BCUT2D eigenvalue weighted by Crippen LogP contribution is 2.25. The molecule has 0 bridgehead atoms. The van der Waals surface area contributed by atoms with Crippen LogP contribution in [0.2, 0.25) is 0 Å². The Hall–Kier alpha value is -2.06. The third kappa shape index (κ3) is 4.37. The van der Waals surface area contributed by atoms with Gasteiger partial charge in [-0.05, 0) is 33.6 Å². The average molecular weight is 422 g/mol. The zero-order chi connectivity index (χ0) is 18.5.